The van der Waals surface area contributed by atoms with Gasteiger partial charge in [-0.2, -0.15) is 0 Å². The first-order valence-electron chi connectivity index (χ1n) is 16.9. The van der Waals surface area contributed by atoms with Gasteiger partial charge in [-0.25, -0.2) is 19.2 Å². The Morgan fingerprint density at radius 2 is 1.68 bits per heavy atom. The molecule has 56 heavy (non-hydrogen) atoms. The number of nitrogens with one attached hydrogen (secondary N) is 4. The van der Waals surface area contributed by atoms with E-state index in [0.717, 1.165) is 5.56 Å². The fourth-order valence-corrected chi connectivity index (χ4v) is 6.30. The third-order valence-electron chi connectivity index (χ3n) is 8.58. The van der Waals surface area contributed by atoms with Gasteiger partial charge < -0.3 is 30.2 Å². The first-order valence-corrected chi connectivity index (χ1v) is 17.6. The van der Waals surface area contributed by atoms with Crippen molar-refractivity contribution in [3.8, 4) is 23.0 Å². The average Bonchev–Trinajstić information content (AvgIpc) is 3.18. The summed E-state index contributed by atoms with van der Waals surface area (Å²) in [7, 11) is 1.51. The second kappa shape index (κ2) is 16.3. The van der Waals surface area contributed by atoms with Gasteiger partial charge in [0.05, 0.1) is 35.5 Å². The second-order valence-corrected chi connectivity index (χ2v) is 13.0. The van der Waals surface area contributed by atoms with E-state index in [9.17, 15) is 23.6 Å². The molecule has 0 unspecified atom stereocenters. The predicted octanol–water partition coefficient (Wildman–Crippen LogP) is 8.02. The van der Waals surface area contributed by atoms with Crippen molar-refractivity contribution >= 4 is 74.9 Å². The molecule has 0 aliphatic carbocycles. The summed E-state index contributed by atoms with van der Waals surface area (Å²) < 4.78 is 32.2. The Labute approximate surface area is 328 Å². The van der Waals surface area contributed by atoms with E-state index in [1.165, 1.54) is 37.7 Å². The molecule has 7 rings (SSSR count). The maximum atomic E-state index is 14.6. The lowest BCUT2D eigenvalue weighted by molar-refractivity contribution is -0.116. The normalized spacial score (nSPS) is 12.1. The van der Waals surface area contributed by atoms with Crippen molar-refractivity contribution in [2.75, 3.05) is 24.4 Å². The van der Waals surface area contributed by atoms with Gasteiger partial charge in [0, 0.05) is 40.7 Å². The number of hydrogen-bond acceptors (Lipinski definition) is 10. The zero-order valence-corrected chi connectivity index (χ0v) is 30.8. The Kier molecular flexibility index (Phi) is 10.9. The zero-order valence-electron chi connectivity index (χ0n) is 29.2. The van der Waals surface area contributed by atoms with Crippen LogP contribution in [0.1, 0.15) is 31.8 Å². The van der Waals surface area contributed by atoms with Crippen LogP contribution in [0.3, 0.4) is 0 Å². The third kappa shape index (κ3) is 8.16. The number of amides is 4. The molecule has 0 spiro atoms. The Hall–Kier alpha value is -6.77. The number of urea groups is 1. The van der Waals surface area contributed by atoms with Gasteiger partial charge in [0.25, 0.3) is 17.6 Å². The maximum absolute atomic E-state index is 14.6. The third-order valence-corrected chi connectivity index (χ3v) is 9.22. The van der Waals surface area contributed by atoms with Gasteiger partial charge in [0.2, 0.25) is 0 Å². The average molecular weight is 796 g/mol. The van der Waals surface area contributed by atoms with Crippen LogP contribution in [0, 0.1) is 5.82 Å². The molecule has 1 aliphatic heterocycles. The number of carbonyl (C=O) groups is 4. The highest BCUT2D eigenvalue weighted by Gasteiger charge is 2.33. The molecular weight excluding hydrogens is 766 g/mol. The number of Topliss-reactive ketones (excluding diaryl/α,β-unsaturated/α-hetero) is 1. The van der Waals surface area contributed by atoms with E-state index >= 15 is 0 Å². The summed E-state index contributed by atoms with van der Waals surface area (Å²) in [5.74, 6) is -1.51. The molecule has 0 bridgehead atoms. The first-order chi connectivity index (χ1) is 27.1. The molecular formula is C40H29Cl2FN6O7. The molecule has 0 saturated carbocycles. The fourth-order valence-electron chi connectivity index (χ4n) is 5.85. The molecule has 282 valence electrons. The van der Waals surface area contributed by atoms with Gasteiger partial charge >= 0.3 is 6.03 Å². The molecule has 0 atom stereocenters. The van der Waals surface area contributed by atoms with Crippen LogP contribution in [-0.2, 0) is 17.8 Å². The fraction of sp³-hybridized carbons (Fsp3) is 0.100. The number of rotatable bonds is 12. The number of hydrogen-bond donors (Lipinski definition) is 4. The second-order valence-electron chi connectivity index (χ2n) is 12.2. The lowest BCUT2D eigenvalue weighted by Crippen LogP contribution is -2.42. The van der Waals surface area contributed by atoms with E-state index in [4.69, 9.17) is 37.4 Å². The van der Waals surface area contributed by atoms with Crippen molar-refractivity contribution in [1.29, 1.82) is 0 Å². The smallest absolute Gasteiger partial charge is 0.319 e. The van der Waals surface area contributed by atoms with E-state index in [1.54, 1.807) is 66.7 Å². The van der Waals surface area contributed by atoms with Crippen LogP contribution >= 0.6 is 23.2 Å². The van der Waals surface area contributed by atoms with Crippen LogP contribution in [0.5, 0.6) is 23.0 Å². The van der Waals surface area contributed by atoms with Crippen LogP contribution < -0.4 is 35.5 Å². The molecule has 0 saturated heterocycles. The zero-order chi connectivity index (χ0) is 39.3. The Balaban J connectivity index is 0.946. The van der Waals surface area contributed by atoms with Crippen LogP contribution in [0.25, 0.3) is 10.9 Å². The largest absolute Gasteiger partial charge is 0.493 e. The summed E-state index contributed by atoms with van der Waals surface area (Å²) >= 11 is 12.5. The Morgan fingerprint density at radius 1 is 0.857 bits per heavy atom. The van der Waals surface area contributed by atoms with Crippen molar-refractivity contribution < 1.29 is 37.8 Å². The number of methoxy groups -OCH3 is 1. The number of imide groups is 1. The number of nitrogens with zero attached hydrogens (tertiary/aromatic N) is 2. The van der Waals surface area contributed by atoms with Crippen molar-refractivity contribution in [1.82, 2.24) is 20.6 Å². The Bertz CT molecular complexity index is 2550. The molecule has 1 aromatic heterocycles. The van der Waals surface area contributed by atoms with E-state index < -0.39 is 29.4 Å². The van der Waals surface area contributed by atoms with Gasteiger partial charge in [0.1, 0.15) is 23.6 Å². The number of ether oxygens (including phenoxy) is 3. The number of benzene rings is 5. The lowest BCUT2D eigenvalue weighted by atomic mass is 9.98. The summed E-state index contributed by atoms with van der Waals surface area (Å²) in [6, 6.07) is 23.9. The highest BCUT2D eigenvalue weighted by Crippen LogP contribution is 2.36. The molecule has 13 nitrogen and oxygen atoms in total. The van der Waals surface area contributed by atoms with E-state index in [2.05, 4.69) is 25.9 Å². The van der Waals surface area contributed by atoms with Gasteiger partial charge in [0.15, 0.2) is 17.3 Å². The van der Waals surface area contributed by atoms with Crippen molar-refractivity contribution in [2.24, 2.45) is 0 Å². The monoisotopic (exact) mass is 794 g/mol. The molecule has 5 aromatic carbocycles. The van der Waals surface area contributed by atoms with Crippen molar-refractivity contribution in [3.05, 3.63) is 135 Å². The first kappa shape index (κ1) is 37.5. The summed E-state index contributed by atoms with van der Waals surface area (Å²) in [5.41, 5.74) is 2.54. The topological polar surface area (TPSA) is 170 Å². The predicted molar refractivity (Wildman–Crippen MR) is 207 cm³/mol. The van der Waals surface area contributed by atoms with Crippen molar-refractivity contribution in [2.45, 2.75) is 13.0 Å². The molecule has 6 aromatic rings. The minimum atomic E-state index is -0.995. The van der Waals surface area contributed by atoms with Crippen molar-refractivity contribution in [3.63, 3.8) is 0 Å². The maximum Gasteiger partial charge on any atom is 0.319 e. The summed E-state index contributed by atoms with van der Waals surface area (Å²) in [5, 5.41) is 11.5. The molecule has 4 N–H and O–H groups in total. The summed E-state index contributed by atoms with van der Waals surface area (Å²) in [4.78, 5) is 57.8. The van der Waals surface area contributed by atoms with E-state index in [0.29, 0.717) is 56.7 Å². The highest BCUT2D eigenvalue weighted by atomic mass is 35.5. The van der Waals surface area contributed by atoms with Gasteiger partial charge in [-0.05, 0) is 65.7 Å². The minimum Gasteiger partial charge on any atom is -0.493 e. The highest BCUT2D eigenvalue weighted by molar-refractivity contribution is 6.49. The van der Waals surface area contributed by atoms with E-state index in [-0.39, 0.29) is 40.7 Å². The molecule has 2 heterocycles. The number of aromatic nitrogens is 2. The molecule has 0 fully saturated rings. The number of ketones is 1. The van der Waals surface area contributed by atoms with Crippen LogP contribution in [0.4, 0.5) is 26.4 Å². The summed E-state index contributed by atoms with van der Waals surface area (Å²) in [6.07, 6.45) is 1.77. The molecule has 0 radical (unpaired) electrons. The van der Waals surface area contributed by atoms with Gasteiger partial charge in [-0.1, -0.05) is 53.5 Å². The standard InChI is InChI=1S/C40H29Cl2FN6O7/c1-54-32-18-30-26(37(46-20-45-30)48-29-9-4-8-27(41)35(29)43)17-33(32)55-14-13-22-11-12-23(16-28(22)42)47-40(53)44-19-21-5-2-6-24(15-21)56-31-10-3-7-25-34(31)38(51)49-39(52)36(25)50/h2-12,15-18,20H,13-14,19H2,1H3,(H2,44,47,53)(H,45,46,48)(H,49,51,52). The van der Waals surface area contributed by atoms with Gasteiger partial charge in [-0.15, -0.1) is 0 Å². The summed E-state index contributed by atoms with van der Waals surface area (Å²) in [6.45, 7) is 0.348. The Morgan fingerprint density at radius 3 is 2.50 bits per heavy atom. The number of anilines is 3. The van der Waals surface area contributed by atoms with Crippen LogP contribution in [0.15, 0.2) is 97.3 Å². The van der Waals surface area contributed by atoms with Gasteiger partial charge in [-0.3, -0.25) is 19.7 Å². The number of fused-ring (bicyclic) bond motifs is 2. The van der Waals surface area contributed by atoms with Crippen LogP contribution in [-0.4, -0.2) is 47.3 Å². The van der Waals surface area contributed by atoms with Crippen LogP contribution in [0.2, 0.25) is 10.0 Å². The molecule has 16 heteroatoms. The molecule has 1 aliphatic rings. The number of carbonyl (C=O) groups excluding carboxylic acids is 4. The molecule has 4 amide bonds. The minimum absolute atomic E-state index is 0.0279. The number of halogens is 3. The lowest BCUT2D eigenvalue weighted by Gasteiger charge is -2.18. The quantitative estimate of drug-likeness (QED) is 0.0703. The SMILES string of the molecule is COc1cc2ncnc(Nc3cccc(Cl)c3F)c2cc1OCCc1ccc(NC(=O)NCc2cccc(Oc3cccc4c3C(=O)NC(=O)C4=O)c2)cc1Cl. The van der Waals surface area contributed by atoms with E-state index in [1.807, 2.05) is 5.32 Å².